The first-order valence-corrected chi connectivity index (χ1v) is 7.61. The van der Waals surface area contributed by atoms with Crippen LogP contribution >= 0.6 is 15.9 Å². The summed E-state index contributed by atoms with van der Waals surface area (Å²) < 4.78 is 23.7. The lowest BCUT2D eigenvalue weighted by Gasteiger charge is -2.06. The SMILES string of the molecule is Cc1ccc(S(=O)(=O)CCCBr)cc1C. The maximum absolute atomic E-state index is 11.8. The number of benzene rings is 1. The highest BCUT2D eigenvalue weighted by atomic mass is 79.9. The van der Waals surface area contributed by atoms with Crippen LogP contribution in [-0.2, 0) is 9.84 Å². The number of hydrogen-bond acceptors (Lipinski definition) is 2. The molecule has 0 saturated heterocycles. The van der Waals surface area contributed by atoms with Gasteiger partial charge in [0.2, 0.25) is 0 Å². The first-order chi connectivity index (χ1) is 6.97. The van der Waals surface area contributed by atoms with E-state index in [0.29, 0.717) is 11.3 Å². The zero-order chi connectivity index (χ0) is 11.5. The van der Waals surface area contributed by atoms with Gasteiger partial charge in [-0.05, 0) is 43.5 Å². The van der Waals surface area contributed by atoms with E-state index in [-0.39, 0.29) is 5.75 Å². The molecule has 0 bridgehead atoms. The fraction of sp³-hybridized carbons (Fsp3) is 0.455. The van der Waals surface area contributed by atoms with Crippen LogP contribution in [0.5, 0.6) is 0 Å². The van der Waals surface area contributed by atoms with Gasteiger partial charge in [-0.1, -0.05) is 22.0 Å². The number of alkyl halides is 1. The molecule has 84 valence electrons. The second-order valence-corrected chi connectivity index (χ2v) is 6.51. The molecule has 0 amide bonds. The lowest BCUT2D eigenvalue weighted by Crippen LogP contribution is -2.07. The van der Waals surface area contributed by atoms with Gasteiger partial charge in [0.1, 0.15) is 0 Å². The summed E-state index contributed by atoms with van der Waals surface area (Å²) in [6.45, 7) is 3.91. The molecule has 0 aliphatic rings. The molecule has 1 aromatic carbocycles. The Morgan fingerprint density at radius 3 is 2.40 bits per heavy atom. The molecule has 0 atom stereocenters. The van der Waals surface area contributed by atoms with E-state index in [1.54, 1.807) is 12.1 Å². The zero-order valence-corrected chi connectivity index (χ0v) is 11.4. The Morgan fingerprint density at radius 2 is 1.87 bits per heavy atom. The highest BCUT2D eigenvalue weighted by molar-refractivity contribution is 9.09. The quantitative estimate of drug-likeness (QED) is 0.799. The molecular weight excluding hydrogens is 276 g/mol. The fourth-order valence-electron chi connectivity index (χ4n) is 1.27. The van der Waals surface area contributed by atoms with Crippen LogP contribution in [0.15, 0.2) is 23.1 Å². The Bertz CT molecular complexity index is 438. The minimum atomic E-state index is -3.09. The lowest BCUT2D eigenvalue weighted by atomic mass is 10.1. The summed E-state index contributed by atoms with van der Waals surface area (Å²) in [5.41, 5.74) is 2.14. The average Bonchev–Trinajstić information content (AvgIpc) is 2.19. The van der Waals surface area contributed by atoms with Crippen LogP contribution in [0.3, 0.4) is 0 Å². The van der Waals surface area contributed by atoms with Gasteiger partial charge in [0.05, 0.1) is 10.6 Å². The summed E-state index contributed by atoms with van der Waals surface area (Å²) in [6.07, 6.45) is 0.648. The van der Waals surface area contributed by atoms with Gasteiger partial charge in [-0.2, -0.15) is 0 Å². The first-order valence-electron chi connectivity index (χ1n) is 4.83. The Labute approximate surface area is 99.7 Å². The van der Waals surface area contributed by atoms with Crippen LogP contribution in [0.2, 0.25) is 0 Å². The van der Waals surface area contributed by atoms with Crippen LogP contribution in [0.25, 0.3) is 0 Å². The maximum Gasteiger partial charge on any atom is 0.178 e. The van der Waals surface area contributed by atoms with Gasteiger partial charge in [0.25, 0.3) is 0 Å². The van der Waals surface area contributed by atoms with Crippen molar-refractivity contribution in [3.63, 3.8) is 0 Å². The van der Waals surface area contributed by atoms with Crippen LogP contribution in [-0.4, -0.2) is 19.5 Å². The summed E-state index contributed by atoms with van der Waals surface area (Å²) in [4.78, 5) is 0.437. The van der Waals surface area contributed by atoms with E-state index in [0.717, 1.165) is 16.5 Å². The van der Waals surface area contributed by atoms with E-state index in [4.69, 9.17) is 0 Å². The smallest absolute Gasteiger partial charge is 0.178 e. The molecule has 0 heterocycles. The van der Waals surface area contributed by atoms with Gasteiger partial charge in [-0.25, -0.2) is 8.42 Å². The second-order valence-electron chi connectivity index (χ2n) is 3.61. The molecule has 0 aliphatic carbocycles. The zero-order valence-electron chi connectivity index (χ0n) is 8.96. The standard InChI is InChI=1S/C11H15BrO2S/c1-9-4-5-11(8-10(9)2)15(13,14)7-3-6-12/h4-5,8H,3,6-7H2,1-2H3. The normalized spacial score (nSPS) is 11.7. The van der Waals surface area contributed by atoms with Gasteiger partial charge in [0, 0.05) is 5.33 Å². The summed E-state index contributed by atoms with van der Waals surface area (Å²) in [5, 5.41) is 0.719. The number of halogens is 1. The summed E-state index contributed by atoms with van der Waals surface area (Å²) in [6, 6.07) is 5.29. The van der Waals surface area contributed by atoms with Crippen molar-refractivity contribution in [1.29, 1.82) is 0 Å². The third-order valence-corrected chi connectivity index (χ3v) is 4.74. The summed E-state index contributed by atoms with van der Waals surface area (Å²) in [7, 11) is -3.09. The Morgan fingerprint density at radius 1 is 1.20 bits per heavy atom. The molecule has 0 N–H and O–H groups in total. The number of aryl methyl sites for hydroxylation is 2. The lowest BCUT2D eigenvalue weighted by molar-refractivity contribution is 0.595. The summed E-state index contributed by atoms with van der Waals surface area (Å²) in [5.74, 6) is 0.209. The highest BCUT2D eigenvalue weighted by Gasteiger charge is 2.13. The summed E-state index contributed by atoms with van der Waals surface area (Å²) >= 11 is 3.24. The monoisotopic (exact) mass is 290 g/mol. The molecule has 0 spiro atoms. The van der Waals surface area contributed by atoms with E-state index >= 15 is 0 Å². The van der Waals surface area contributed by atoms with Gasteiger partial charge >= 0.3 is 0 Å². The van der Waals surface area contributed by atoms with E-state index < -0.39 is 9.84 Å². The van der Waals surface area contributed by atoms with Crippen LogP contribution in [0, 0.1) is 13.8 Å². The third-order valence-electron chi connectivity index (χ3n) is 2.38. The first kappa shape index (κ1) is 12.7. The molecule has 15 heavy (non-hydrogen) atoms. The molecule has 2 nitrogen and oxygen atoms in total. The van der Waals surface area contributed by atoms with Crippen molar-refractivity contribution in [2.45, 2.75) is 25.2 Å². The van der Waals surface area contributed by atoms with Crippen LogP contribution in [0.4, 0.5) is 0 Å². The van der Waals surface area contributed by atoms with Crippen LogP contribution < -0.4 is 0 Å². The predicted octanol–water partition coefficient (Wildman–Crippen LogP) is 2.86. The average molecular weight is 291 g/mol. The number of rotatable bonds is 4. The Hall–Kier alpha value is -0.350. The van der Waals surface area contributed by atoms with E-state index in [9.17, 15) is 8.42 Å². The van der Waals surface area contributed by atoms with Gasteiger partial charge in [-0.15, -0.1) is 0 Å². The Kier molecular flexibility index (Phi) is 4.34. The molecule has 0 unspecified atom stereocenters. The molecule has 0 aromatic heterocycles. The molecular formula is C11H15BrO2S. The molecule has 4 heteroatoms. The van der Waals surface area contributed by atoms with Crippen LogP contribution in [0.1, 0.15) is 17.5 Å². The van der Waals surface area contributed by atoms with Gasteiger partial charge < -0.3 is 0 Å². The van der Waals surface area contributed by atoms with Crippen molar-refractivity contribution in [2.75, 3.05) is 11.1 Å². The van der Waals surface area contributed by atoms with E-state index in [1.165, 1.54) is 0 Å². The number of hydrogen-bond donors (Lipinski definition) is 0. The second kappa shape index (κ2) is 5.12. The van der Waals surface area contributed by atoms with Crippen molar-refractivity contribution in [1.82, 2.24) is 0 Å². The van der Waals surface area contributed by atoms with Gasteiger partial charge in [-0.3, -0.25) is 0 Å². The molecule has 0 saturated carbocycles. The van der Waals surface area contributed by atoms with Crippen molar-refractivity contribution in [2.24, 2.45) is 0 Å². The maximum atomic E-state index is 11.8. The highest BCUT2D eigenvalue weighted by Crippen LogP contribution is 2.16. The Balaban J connectivity index is 3.00. The minimum Gasteiger partial charge on any atom is -0.224 e. The molecule has 0 radical (unpaired) electrons. The molecule has 0 aliphatic heterocycles. The van der Waals surface area contributed by atoms with Crippen molar-refractivity contribution in [3.05, 3.63) is 29.3 Å². The van der Waals surface area contributed by atoms with E-state index in [2.05, 4.69) is 15.9 Å². The molecule has 1 aromatic rings. The topological polar surface area (TPSA) is 34.1 Å². The van der Waals surface area contributed by atoms with Crippen molar-refractivity contribution >= 4 is 25.8 Å². The largest absolute Gasteiger partial charge is 0.224 e. The van der Waals surface area contributed by atoms with E-state index in [1.807, 2.05) is 19.9 Å². The van der Waals surface area contributed by atoms with Crippen molar-refractivity contribution in [3.8, 4) is 0 Å². The van der Waals surface area contributed by atoms with Gasteiger partial charge in [0.15, 0.2) is 9.84 Å². The third kappa shape index (κ3) is 3.31. The predicted molar refractivity (Wildman–Crippen MR) is 66.4 cm³/mol. The number of sulfone groups is 1. The minimum absolute atomic E-state index is 0.209. The molecule has 0 fully saturated rings. The fourth-order valence-corrected chi connectivity index (χ4v) is 3.31. The van der Waals surface area contributed by atoms with Crippen molar-refractivity contribution < 1.29 is 8.42 Å². The molecule has 1 rings (SSSR count).